The Balaban J connectivity index is 1.70. The summed E-state index contributed by atoms with van der Waals surface area (Å²) in [6, 6.07) is 9.79. The van der Waals surface area contributed by atoms with Crippen molar-refractivity contribution in [2.24, 2.45) is 0 Å². The fraction of sp³-hybridized carbons (Fsp3) is 0.143. The quantitative estimate of drug-likeness (QED) is 0.741. The van der Waals surface area contributed by atoms with E-state index in [4.69, 9.17) is 10.5 Å². The monoisotopic (exact) mass is 271 g/mol. The lowest BCUT2D eigenvalue weighted by Gasteiger charge is -2.07. The number of aromatic nitrogens is 2. The molecule has 4 nitrogen and oxygen atoms in total. The Bertz CT molecular complexity index is 696. The molecule has 2 heterocycles. The molecule has 2 aromatic heterocycles. The summed E-state index contributed by atoms with van der Waals surface area (Å²) < 4.78 is 6.73. The Morgan fingerprint density at radius 2 is 2.05 bits per heavy atom. The van der Waals surface area contributed by atoms with Crippen LogP contribution in [0.3, 0.4) is 0 Å². The molecule has 0 amide bonds. The summed E-state index contributed by atoms with van der Waals surface area (Å²) in [6.45, 7) is 0.554. The third-order valence-corrected chi connectivity index (χ3v) is 3.77. The maximum Gasteiger partial charge on any atom is 0.234 e. The summed E-state index contributed by atoms with van der Waals surface area (Å²) >= 11 is 1.59. The summed E-state index contributed by atoms with van der Waals surface area (Å²) in [5, 5.41) is 1.99. The van der Waals surface area contributed by atoms with Crippen LogP contribution in [-0.4, -0.2) is 16.6 Å². The van der Waals surface area contributed by atoms with Gasteiger partial charge in [0.05, 0.1) is 12.1 Å². The molecule has 0 radical (unpaired) electrons. The van der Waals surface area contributed by atoms with Crippen LogP contribution in [0.25, 0.3) is 10.2 Å². The molecule has 96 valence electrons. The summed E-state index contributed by atoms with van der Waals surface area (Å²) in [4.78, 5) is 8.36. The van der Waals surface area contributed by atoms with Crippen LogP contribution in [-0.2, 0) is 6.42 Å². The van der Waals surface area contributed by atoms with Crippen molar-refractivity contribution in [3.05, 3.63) is 47.6 Å². The number of benzene rings is 1. The van der Waals surface area contributed by atoms with Gasteiger partial charge in [0, 0.05) is 12.1 Å². The Morgan fingerprint density at radius 3 is 2.95 bits per heavy atom. The van der Waals surface area contributed by atoms with Gasteiger partial charge >= 0.3 is 0 Å². The van der Waals surface area contributed by atoms with Gasteiger partial charge in [0.15, 0.2) is 0 Å². The van der Waals surface area contributed by atoms with E-state index in [9.17, 15) is 0 Å². The van der Waals surface area contributed by atoms with E-state index in [2.05, 4.69) is 9.97 Å². The molecule has 0 aliphatic rings. The van der Waals surface area contributed by atoms with Crippen molar-refractivity contribution in [3.8, 4) is 5.88 Å². The summed E-state index contributed by atoms with van der Waals surface area (Å²) in [5.74, 6) is 0.648. The van der Waals surface area contributed by atoms with E-state index in [-0.39, 0.29) is 0 Å². The predicted molar refractivity (Wildman–Crippen MR) is 77.5 cm³/mol. The van der Waals surface area contributed by atoms with E-state index >= 15 is 0 Å². The van der Waals surface area contributed by atoms with Crippen molar-refractivity contribution in [3.63, 3.8) is 0 Å². The largest absolute Gasteiger partial charge is 0.476 e. The fourth-order valence-electron chi connectivity index (χ4n) is 1.89. The number of para-hydroxylation sites is 1. The first-order valence-electron chi connectivity index (χ1n) is 5.99. The highest BCUT2D eigenvalue weighted by Crippen LogP contribution is 2.26. The van der Waals surface area contributed by atoms with Gasteiger partial charge in [-0.1, -0.05) is 18.2 Å². The van der Waals surface area contributed by atoms with Gasteiger partial charge in [-0.3, -0.25) is 0 Å². The molecule has 0 unspecified atom stereocenters. The molecule has 0 saturated heterocycles. The number of ether oxygens (including phenoxy) is 1. The predicted octanol–water partition coefficient (Wildman–Crippen LogP) is 2.90. The number of anilines is 1. The van der Waals surface area contributed by atoms with Crippen molar-refractivity contribution in [1.29, 1.82) is 0 Å². The number of nitrogens with zero attached hydrogens (tertiary/aromatic N) is 2. The van der Waals surface area contributed by atoms with Crippen LogP contribution in [0.4, 0.5) is 5.69 Å². The molecule has 19 heavy (non-hydrogen) atoms. The highest BCUT2D eigenvalue weighted by Gasteiger charge is 2.06. The lowest BCUT2D eigenvalue weighted by Crippen LogP contribution is -2.04. The van der Waals surface area contributed by atoms with Crippen LogP contribution < -0.4 is 10.5 Å². The topological polar surface area (TPSA) is 61.0 Å². The molecule has 0 atom stereocenters. The highest BCUT2D eigenvalue weighted by atomic mass is 32.1. The van der Waals surface area contributed by atoms with Crippen molar-refractivity contribution >= 4 is 27.2 Å². The van der Waals surface area contributed by atoms with Crippen LogP contribution in [0.1, 0.15) is 5.56 Å². The molecule has 0 fully saturated rings. The first-order valence-corrected chi connectivity index (χ1v) is 6.87. The van der Waals surface area contributed by atoms with Gasteiger partial charge in [-0.15, -0.1) is 11.3 Å². The Labute approximate surface area is 114 Å². The highest BCUT2D eigenvalue weighted by molar-refractivity contribution is 7.17. The molecule has 5 heteroatoms. The first-order chi connectivity index (χ1) is 9.34. The van der Waals surface area contributed by atoms with Gasteiger partial charge < -0.3 is 10.5 Å². The lowest BCUT2D eigenvalue weighted by atomic mass is 10.1. The minimum Gasteiger partial charge on any atom is -0.476 e. The second-order valence-corrected chi connectivity index (χ2v) is 5.03. The number of nitrogens with two attached hydrogens (primary N) is 1. The third kappa shape index (κ3) is 2.51. The number of hydrogen-bond donors (Lipinski definition) is 1. The molecule has 2 N–H and O–H groups in total. The van der Waals surface area contributed by atoms with Gasteiger partial charge in [0.2, 0.25) is 5.88 Å². The Morgan fingerprint density at radius 1 is 1.16 bits per heavy atom. The van der Waals surface area contributed by atoms with E-state index in [1.807, 2.05) is 35.7 Å². The van der Waals surface area contributed by atoms with Gasteiger partial charge in [-0.2, -0.15) is 0 Å². The molecule has 0 bridgehead atoms. The number of hydrogen-bond acceptors (Lipinski definition) is 5. The Hall–Kier alpha value is -2.14. The average Bonchev–Trinajstić information content (AvgIpc) is 2.90. The van der Waals surface area contributed by atoms with Crippen LogP contribution in [0.2, 0.25) is 0 Å². The molecular weight excluding hydrogens is 258 g/mol. The standard InChI is InChI=1S/C14H13N3OS/c15-11-4-2-1-3-10(11)5-7-18-14-13-12(6-8-19-13)16-9-17-14/h1-4,6,8-9H,5,7,15H2. The van der Waals surface area contributed by atoms with E-state index < -0.39 is 0 Å². The van der Waals surface area contributed by atoms with Crippen molar-refractivity contribution < 1.29 is 4.74 Å². The minimum atomic E-state index is 0.554. The summed E-state index contributed by atoms with van der Waals surface area (Å²) in [7, 11) is 0. The fourth-order valence-corrected chi connectivity index (χ4v) is 2.68. The van der Waals surface area contributed by atoms with Gasteiger partial charge in [0.25, 0.3) is 0 Å². The maximum absolute atomic E-state index is 5.89. The summed E-state index contributed by atoms with van der Waals surface area (Å²) in [5.41, 5.74) is 8.72. The van der Waals surface area contributed by atoms with E-state index in [0.29, 0.717) is 12.5 Å². The minimum absolute atomic E-state index is 0.554. The van der Waals surface area contributed by atoms with Crippen molar-refractivity contribution in [2.75, 3.05) is 12.3 Å². The van der Waals surface area contributed by atoms with E-state index in [0.717, 1.165) is 27.9 Å². The summed E-state index contributed by atoms with van der Waals surface area (Å²) in [6.07, 6.45) is 2.30. The molecule has 3 rings (SSSR count). The molecule has 0 aliphatic heterocycles. The second-order valence-electron chi connectivity index (χ2n) is 4.11. The third-order valence-electron chi connectivity index (χ3n) is 2.88. The van der Waals surface area contributed by atoms with Gasteiger partial charge in [0.1, 0.15) is 11.0 Å². The van der Waals surface area contributed by atoms with Crippen molar-refractivity contribution in [1.82, 2.24) is 9.97 Å². The van der Waals surface area contributed by atoms with E-state index in [1.54, 1.807) is 11.3 Å². The molecule has 1 aromatic carbocycles. The number of fused-ring (bicyclic) bond motifs is 1. The lowest BCUT2D eigenvalue weighted by molar-refractivity contribution is 0.314. The molecule has 0 saturated carbocycles. The van der Waals surface area contributed by atoms with Crippen LogP contribution in [0, 0.1) is 0 Å². The smallest absolute Gasteiger partial charge is 0.234 e. The van der Waals surface area contributed by atoms with Crippen LogP contribution in [0.5, 0.6) is 5.88 Å². The number of thiophene rings is 1. The average molecular weight is 271 g/mol. The first kappa shape index (κ1) is 11.9. The zero-order valence-electron chi connectivity index (χ0n) is 10.2. The van der Waals surface area contributed by atoms with Gasteiger partial charge in [-0.05, 0) is 23.1 Å². The molecule has 0 aliphatic carbocycles. The van der Waals surface area contributed by atoms with E-state index in [1.165, 1.54) is 6.33 Å². The van der Waals surface area contributed by atoms with Crippen molar-refractivity contribution in [2.45, 2.75) is 6.42 Å². The number of nitrogen functional groups attached to an aromatic ring is 1. The molecule has 3 aromatic rings. The Kier molecular flexibility index (Phi) is 3.29. The van der Waals surface area contributed by atoms with Crippen LogP contribution in [0.15, 0.2) is 42.0 Å². The zero-order chi connectivity index (χ0) is 13.1. The normalized spacial score (nSPS) is 10.7. The van der Waals surface area contributed by atoms with Gasteiger partial charge in [-0.25, -0.2) is 9.97 Å². The molecular formula is C14H13N3OS. The second kappa shape index (κ2) is 5.24. The van der Waals surface area contributed by atoms with Crippen LogP contribution >= 0.6 is 11.3 Å². The number of rotatable bonds is 4. The SMILES string of the molecule is Nc1ccccc1CCOc1ncnc2ccsc12. The zero-order valence-corrected chi connectivity index (χ0v) is 11.1. The molecule has 0 spiro atoms. The maximum atomic E-state index is 5.89.